The third-order valence-corrected chi connectivity index (χ3v) is 4.23. The van der Waals surface area contributed by atoms with Crippen LogP contribution >= 0.6 is 0 Å². The molecular formula is C20H22N2O4. The molecule has 1 aromatic heterocycles. The number of fused-ring (bicyclic) bond motifs is 1. The smallest absolute Gasteiger partial charge is 0.253 e. The third kappa shape index (κ3) is 3.44. The van der Waals surface area contributed by atoms with Crippen molar-refractivity contribution in [3.8, 4) is 17.2 Å². The number of hydrogen-bond donors (Lipinski definition) is 2. The standard InChI is InChI=1S/C20H22N2O4/c1-12-5-6-13-8-14(20(23)22-16(13)7-12)11-21-15-9-17(24-2)19(26-4)18(10-15)25-3/h5-10,21H,11H2,1-4H3,(H,22,23). The normalized spacial score (nSPS) is 10.6. The predicted molar refractivity (Wildman–Crippen MR) is 103 cm³/mol. The van der Waals surface area contributed by atoms with Gasteiger partial charge in [0.2, 0.25) is 5.75 Å². The lowest BCUT2D eigenvalue weighted by Gasteiger charge is -2.15. The number of pyridine rings is 1. The van der Waals surface area contributed by atoms with E-state index in [1.165, 1.54) is 0 Å². The molecule has 2 N–H and O–H groups in total. The van der Waals surface area contributed by atoms with Gasteiger partial charge in [-0.15, -0.1) is 0 Å². The Balaban J connectivity index is 1.89. The lowest BCUT2D eigenvalue weighted by molar-refractivity contribution is 0.324. The van der Waals surface area contributed by atoms with Crippen molar-refractivity contribution in [3.05, 3.63) is 57.9 Å². The van der Waals surface area contributed by atoms with Crippen LogP contribution in [0.15, 0.2) is 41.2 Å². The molecule has 0 aliphatic carbocycles. The first-order valence-electron chi connectivity index (χ1n) is 8.22. The van der Waals surface area contributed by atoms with Gasteiger partial charge in [0.05, 0.1) is 21.3 Å². The first-order chi connectivity index (χ1) is 12.5. The van der Waals surface area contributed by atoms with Gasteiger partial charge in [0.15, 0.2) is 11.5 Å². The minimum Gasteiger partial charge on any atom is -0.493 e. The molecule has 0 saturated heterocycles. The van der Waals surface area contributed by atoms with Crippen molar-refractivity contribution in [2.45, 2.75) is 13.5 Å². The van der Waals surface area contributed by atoms with Crippen molar-refractivity contribution >= 4 is 16.6 Å². The monoisotopic (exact) mass is 354 g/mol. The number of methoxy groups -OCH3 is 3. The molecule has 6 heteroatoms. The van der Waals surface area contributed by atoms with Crippen LogP contribution in [0.3, 0.4) is 0 Å². The Bertz CT molecular complexity index is 970. The van der Waals surface area contributed by atoms with Crippen molar-refractivity contribution in [1.82, 2.24) is 4.98 Å². The van der Waals surface area contributed by atoms with Crippen LogP contribution in [0.4, 0.5) is 5.69 Å². The van der Waals surface area contributed by atoms with Crippen molar-refractivity contribution in [2.75, 3.05) is 26.6 Å². The molecule has 0 aliphatic rings. The average molecular weight is 354 g/mol. The number of anilines is 1. The molecule has 0 atom stereocenters. The van der Waals surface area contributed by atoms with E-state index >= 15 is 0 Å². The molecule has 0 aliphatic heterocycles. The minimum atomic E-state index is -0.108. The Morgan fingerprint density at radius 2 is 1.65 bits per heavy atom. The van der Waals surface area contributed by atoms with Crippen LogP contribution < -0.4 is 25.1 Å². The maximum Gasteiger partial charge on any atom is 0.253 e. The van der Waals surface area contributed by atoms with E-state index in [1.807, 2.05) is 31.2 Å². The Morgan fingerprint density at radius 3 is 2.27 bits per heavy atom. The number of aromatic nitrogens is 1. The summed E-state index contributed by atoms with van der Waals surface area (Å²) in [5, 5.41) is 4.24. The van der Waals surface area contributed by atoms with Crippen LogP contribution in [0, 0.1) is 6.92 Å². The van der Waals surface area contributed by atoms with E-state index in [1.54, 1.807) is 33.5 Å². The maximum atomic E-state index is 12.3. The molecule has 26 heavy (non-hydrogen) atoms. The highest BCUT2D eigenvalue weighted by Crippen LogP contribution is 2.39. The van der Waals surface area contributed by atoms with E-state index in [0.29, 0.717) is 29.4 Å². The number of H-pyrrole nitrogens is 1. The van der Waals surface area contributed by atoms with Gasteiger partial charge < -0.3 is 24.5 Å². The molecule has 0 amide bonds. The van der Waals surface area contributed by atoms with E-state index in [4.69, 9.17) is 14.2 Å². The first kappa shape index (κ1) is 17.7. The van der Waals surface area contributed by atoms with Crippen LogP contribution in [-0.4, -0.2) is 26.3 Å². The number of aryl methyl sites for hydroxylation is 1. The molecule has 2 aromatic carbocycles. The molecule has 6 nitrogen and oxygen atoms in total. The van der Waals surface area contributed by atoms with E-state index in [0.717, 1.165) is 22.2 Å². The van der Waals surface area contributed by atoms with Gasteiger partial charge in [0, 0.05) is 35.4 Å². The van der Waals surface area contributed by atoms with Crippen LogP contribution in [0.5, 0.6) is 17.2 Å². The second-order valence-electron chi connectivity index (χ2n) is 5.98. The van der Waals surface area contributed by atoms with Crippen LogP contribution in [0.1, 0.15) is 11.1 Å². The topological polar surface area (TPSA) is 72.6 Å². The van der Waals surface area contributed by atoms with Gasteiger partial charge in [-0.1, -0.05) is 12.1 Å². The minimum absolute atomic E-state index is 0.108. The van der Waals surface area contributed by atoms with E-state index < -0.39 is 0 Å². The van der Waals surface area contributed by atoms with Gasteiger partial charge in [-0.05, 0) is 30.0 Å². The lowest BCUT2D eigenvalue weighted by atomic mass is 10.1. The molecule has 0 bridgehead atoms. The van der Waals surface area contributed by atoms with Crippen LogP contribution in [0.2, 0.25) is 0 Å². The second kappa shape index (κ2) is 7.39. The van der Waals surface area contributed by atoms with Crippen molar-refractivity contribution in [2.24, 2.45) is 0 Å². The van der Waals surface area contributed by atoms with Gasteiger partial charge in [0.1, 0.15) is 0 Å². The predicted octanol–water partition coefficient (Wildman–Crippen LogP) is 3.47. The number of nitrogens with one attached hydrogen (secondary N) is 2. The van der Waals surface area contributed by atoms with E-state index in [-0.39, 0.29) is 5.56 Å². The summed E-state index contributed by atoms with van der Waals surface area (Å²) < 4.78 is 16.0. The SMILES string of the molecule is COc1cc(NCc2cc3ccc(C)cc3[nH]c2=O)cc(OC)c1OC. The molecule has 0 fully saturated rings. The number of hydrogen-bond acceptors (Lipinski definition) is 5. The zero-order valence-corrected chi connectivity index (χ0v) is 15.3. The Labute approximate surface area is 151 Å². The first-order valence-corrected chi connectivity index (χ1v) is 8.22. The molecule has 3 rings (SSSR count). The Hall–Kier alpha value is -3.15. The van der Waals surface area contributed by atoms with Crippen LogP contribution in [0.25, 0.3) is 10.9 Å². The molecule has 0 radical (unpaired) electrons. The molecule has 1 heterocycles. The highest BCUT2D eigenvalue weighted by molar-refractivity contribution is 5.79. The molecular weight excluding hydrogens is 332 g/mol. The Morgan fingerprint density at radius 1 is 0.962 bits per heavy atom. The number of rotatable bonds is 6. The van der Waals surface area contributed by atoms with Crippen molar-refractivity contribution < 1.29 is 14.2 Å². The Kier molecular flexibility index (Phi) is 5.02. The average Bonchev–Trinajstić information content (AvgIpc) is 2.65. The maximum absolute atomic E-state index is 12.3. The summed E-state index contributed by atoms with van der Waals surface area (Å²) in [7, 11) is 4.69. The quantitative estimate of drug-likeness (QED) is 0.709. The third-order valence-electron chi connectivity index (χ3n) is 4.23. The van der Waals surface area contributed by atoms with E-state index in [9.17, 15) is 4.79 Å². The van der Waals surface area contributed by atoms with Crippen molar-refractivity contribution in [3.63, 3.8) is 0 Å². The van der Waals surface area contributed by atoms with Gasteiger partial charge in [0.25, 0.3) is 5.56 Å². The highest BCUT2D eigenvalue weighted by atomic mass is 16.5. The van der Waals surface area contributed by atoms with Crippen molar-refractivity contribution in [1.29, 1.82) is 0 Å². The molecule has 0 unspecified atom stereocenters. The van der Waals surface area contributed by atoms with E-state index in [2.05, 4.69) is 10.3 Å². The summed E-state index contributed by atoms with van der Waals surface area (Å²) in [4.78, 5) is 15.3. The zero-order chi connectivity index (χ0) is 18.7. The highest BCUT2D eigenvalue weighted by Gasteiger charge is 2.13. The van der Waals surface area contributed by atoms with Gasteiger partial charge in [-0.25, -0.2) is 0 Å². The largest absolute Gasteiger partial charge is 0.493 e. The summed E-state index contributed by atoms with van der Waals surface area (Å²) >= 11 is 0. The fourth-order valence-corrected chi connectivity index (χ4v) is 2.87. The second-order valence-corrected chi connectivity index (χ2v) is 5.98. The fraction of sp³-hybridized carbons (Fsp3) is 0.250. The molecule has 3 aromatic rings. The van der Waals surface area contributed by atoms with Crippen LogP contribution in [-0.2, 0) is 6.54 Å². The van der Waals surface area contributed by atoms with Gasteiger partial charge >= 0.3 is 0 Å². The molecule has 0 saturated carbocycles. The summed E-state index contributed by atoms with van der Waals surface area (Å²) in [6.07, 6.45) is 0. The zero-order valence-electron chi connectivity index (χ0n) is 15.3. The van der Waals surface area contributed by atoms with Gasteiger partial charge in [-0.3, -0.25) is 4.79 Å². The number of ether oxygens (including phenoxy) is 3. The number of aromatic amines is 1. The summed E-state index contributed by atoms with van der Waals surface area (Å²) in [5.41, 5.74) is 3.25. The number of benzene rings is 2. The fourth-order valence-electron chi connectivity index (χ4n) is 2.87. The molecule has 136 valence electrons. The summed E-state index contributed by atoms with van der Waals surface area (Å²) in [5.74, 6) is 1.63. The van der Waals surface area contributed by atoms with Gasteiger partial charge in [-0.2, -0.15) is 0 Å². The summed E-state index contributed by atoms with van der Waals surface area (Å²) in [6, 6.07) is 11.5. The summed E-state index contributed by atoms with van der Waals surface area (Å²) in [6.45, 7) is 2.37. The lowest BCUT2D eigenvalue weighted by Crippen LogP contribution is -2.15. The molecule has 0 spiro atoms.